The smallest absolute Gasteiger partial charge is 0.143 e. The summed E-state index contributed by atoms with van der Waals surface area (Å²) < 4.78 is 5.71. The normalized spacial score (nSPS) is 11.0. The van der Waals surface area contributed by atoms with Gasteiger partial charge in [-0.2, -0.15) is 0 Å². The second-order valence-corrected chi connectivity index (χ2v) is 4.91. The Morgan fingerprint density at radius 1 is 1.32 bits per heavy atom. The fourth-order valence-corrected chi connectivity index (χ4v) is 2.13. The van der Waals surface area contributed by atoms with Crippen LogP contribution in [0.3, 0.4) is 0 Å². The summed E-state index contributed by atoms with van der Waals surface area (Å²) in [5.41, 5.74) is 4.74. The average Bonchev–Trinajstić information content (AvgIpc) is 2.37. The lowest BCUT2D eigenvalue weighted by Gasteiger charge is -2.12. The van der Waals surface area contributed by atoms with Gasteiger partial charge in [0, 0.05) is 5.39 Å². The van der Waals surface area contributed by atoms with Crippen molar-refractivity contribution in [3.8, 4) is 5.75 Å². The quantitative estimate of drug-likeness (QED) is 0.639. The van der Waals surface area contributed by atoms with Crippen LogP contribution in [0, 0.1) is 0 Å². The lowest BCUT2D eigenvalue weighted by Crippen LogP contribution is -2.11. The van der Waals surface area contributed by atoms with Crippen molar-refractivity contribution in [2.24, 2.45) is 5.84 Å². The van der Waals surface area contributed by atoms with Gasteiger partial charge in [-0.25, -0.2) is 10.8 Å². The Balaban J connectivity index is 2.46. The van der Waals surface area contributed by atoms with Gasteiger partial charge in [-0.05, 0) is 50.1 Å². The first-order valence-corrected chi connectivity index (χ1v) is 6.71. The van der Waals surface area contributed by atoms with Gasteiger partial charge in [0.2, 0.25) is 0 Å². The molecular weight excluding hydrogens is 238 g/mol. The number of aromatic nitrogens is 1. The molecule has 4 nitrogen and oxygen atoms in total. The summed E-state index contributed by atoms with van der Waals surface area (Å²) in [5.74, 6) is 7.16. The van der Waals surface area contributed by atoms with Crippen molar-refractivity contribution >= 4 is 16.7 Å². The van der Waals surface area contributed by atoms with E-state index in [0.29, 0.717) is 0 Å². The van der Waals surface area contributed by atoms with E-state index in [1.165, 1.54) is 0 Å². The fourth-order valence-electron chi connectivity index (χ4n) is 2.13. The van der Waals surface area contributed by atoms with Crippen LogP contribution in [0.1, 0.15) is 32.8 Å². The van der Waals surface area contributed by atoms with Crippen LogP contribution in [0.4, 0.5) is 5.82 Å². The number of hydrogen-bond donors (Lipinski definition) is 2. The SMILES string of the molecule is CCCc1cc2cc(OC(C)C)ccc2nc1NN. The summed E-state index contributed by atoms with van der Waals surface area (Å²) in [6.07, 6.45) is 2.19. The largest absolute Gasteiger partial charge is 0.491 e. The zero-order valence-electron chi connectivity index (χ0n) is 11.7. The van der Waals surface area contributed by atoms with E-state index in [-0.39, 0.29) is 6.10 Å². The summed E-state index contributed by atoms with van der Waals surface area (Å²) in [7, 11) is 0. The summed E-state index contributed by atoms with van der Waals surface area (Å²) in [4.78, 5) is 4.54. The summed E-state index contributed by atoms with van der Waals surface area (Å²) in [6, 6.07) is 8.06. The van der Waals surface area contributed by atoms with Gasteiger partial charge in [0.15, 0.2) is 0 Å². The van der Waals surface area contributed by atoms with Gasteiger partial charge in [-0.15, -0.1) is 0 Å². The van der Waals surface area contributed by atoms with Crippen LogP contribution < -0.4 is 16.0 Å². The van der Waals surface area contributed by atoms with Gasteiger partial charge in [-0.1, -0.05) is 13.3 Å². The first-order valence-electron chi connectivity index (χ1n) is 6.71. The number of nitrogen functional groups attached to an aromatic ring is 1. The number of nitrogens with zero attached hydrogens (tertiary/aromatic N) is 1. The monoisotopic (exact) mass is 259 g/mol. The van der Waals surface area contributed by atoms with Crippen molar-refractivity contribution in [1.82, 2.24) is 4.98 Å². The Kier molecular flexibility index (Phi) is 4.22. The van der Waals surface area contributed by atoms with Gasteiger partial charge in [0.1, 0.15) is 11.6 Å². The van der Waals surface area contributed by atoms with Crippen LogP contribution in [0.25, 0.3) is 10.9 Å². The Morgan fingerprint density at radius 2 is 2.11 bits per heavy atom. The maximum atomic E-state index is 5.71. The standard InChI is InChI=1S/C15H21N3O/c1-4-5-11-8-12-9-13(19-10(2)3)6-7-14(12)17-15(11)18-16/h6-10H,4-5,16H2,1-3H3,(H,17,18). The number of pyridine rings is 1. The van der Waals surface area contributed by atoms with Gasteiger partial charge < -0.3 is 10.2 Å². The molecule has 0 saturated carbocycles. The summed E-state index contributed by atoms with van der Waals surface area (Å²) in [6.45, 7) is 6.18. The van der Waals surface area contributed by atoms with Crippen LogP contribution in [0.5, 0.6) is 5.75 Å². The number of hydrogen-bond acceptors (Lipinski definition) is 4. The highest BCUT2D eigenvalue weighted by molar-refractivity contribution is 5.83. The van der Waals surface area contributed by atoms with Gasteiger partial charge >= 0.3 is 0 Å². The molecule has 0 unspecified atom stereocenters. The number of nitrogens with one attached hydrogen (secondary N) is 1. The third-order valence-electron chi connectivity index (χ3n) is 2.89. The molecule has 0 amide bonds. The number of aryl methyl sites for hydroxylation is 1. The van der Waals surface area contributed by atoms with E-state index >= 15 is 0 Å². The molecule has 4 heteroatoms. The number of hydrazine groups is 1. The Hall–Kier alpha value is -1.81. The highest BCUT2D eigenvalue weighted by atomic mass is 16.5. The number of ether oxygens (including phenoxy) is 1. The average molecular weight is 259 g/mol. The van der Waals surface area contributed by atoms with Crippen LogP contribution in [0.2, 0.25) is 0 Å². The molecule has 2 rings (SSSR count). The maximum absolute atomic E-state index is 5.71. The van der Waals surface area contributed by atoms with E-state index in [0.717, 1.165) is 40.9 Å². The lowest BCUT2D eigenvalue weighted by atomic mass is 10.1. The first-order chi connectivity index (χ1) is 9.13. The minimum Gasteiger partial charge on any atom is -0.491 e. The molecule has 102 valence electrons. The maximum Gasteiger partial charge on any atom is 0.143 e. The topological polar surface area (TPSA) is 60.2 Å². The zero-order valence-corrected chi connectivity index (χ0v) is 11.7. The Morgan fingerprint density at radius 3 is 2.74 bits per heavy atom. The van der Waals surface area contributed by atoms with Crippen molar-refractivity contribution in [2.75, 3.05) is 5.43 Å². The van der Waals surface area contributed by atoms with Crippen LogP contribution >= 0.6 is 0 Å². The fraction of sp³-hybridized carbons (Fsp3) is 0.400. The van der Waals surface area contributed by atoms with Crippen molar-refractivity contribution in [3.05, 3.63) is 29.8 Å². The van der Waals surface area contributed by atoms with Gasteiger partial charge in [0.05, 0.1) is 11.6 Å². The highest BCUT2D eigenvalue weighted by Gasteiger charge is 2.07. The minimum atomic E-state index is 0.172. The molecule has 0 fully saturated rings. The molecule has 1 aromatic heterocycles. The molecule has 0 aliphatic carbocycles. The van der Waals surface area contributed by atoms with Crippen molar-refractivity contribution in [2.45, 2.75) is 39.7 Å². The molecule has 3 N–H and O–H groups in total. The van der Waals surface area contributed by atoms with Gasteiger partial charge in [0.25, 0.3) is 0 Å². The van der Waals surface area contributed by atoms with E-state index in [1.807, 2.05) is 32.0 Å². The second-order valence-electron chi connectivity index (χ2n) is 4.91. The minimum absolute atomic E-state index is 0.172. The summed E-state index contributed by atoms with van der Waals surface area (Å²) >= 11 is 0. The summed E-state index contributed by atoms with van der Waals surface area (Å²) in [5, 5.41) is 1.08. The third kappa shape index (κ3) is 3.15. The molecule has 0 atom stereocenters. The molecule has 19 heavy (non-hydrogen) atoms. The predicted molar refractivity (Wildman–Crippen MR) is 79.3 cm³/mol. The lowest BCUT2D eigenvalue weighted by molar-refractivity contribution is 0.243. The molecule has 1 heterocycles. The van der Waals surface area contributed by atoms with Crippen molar-refractivity contribution < 1.29 is 4.74 Å². The highest BCUT2D eigenvalue weighted by Crippen LogP contribution is 2.25. The zero-order chi connectivity index (χ0) is 13.8. The van der Waals surface area contributed by atoms with Crippen LogP contribution in [0.15, 0.2) is 24.3 Å². The molecular formula is C15H21N3O. The Labute approximate surface area is 113 Å². The molecule has 0 aliphatic rings. The van der Waals surface area contributed by atoms with Crippen molar-refractivity contribution in [3.63, 3.8) is 0 Å². The van der Waals surface area contributed by atoms with E-state index in [2.05, 4.69) is 23.4 Å². The number of fused-ring (bicyclic) bond motifs is 1. The molecule has 1 aromatic carbocycles. The number of benzene rings is 1. The second kappa shape index (κ2) is 5.89. The molecule has 0 bridgehead atoms. The van der Waals surface area contributed by atoms with E-state index in [9.17, 15) is 0 Å². The number of rotatable bonds is 5. The number of anilines is 1. The third-order valence-corrected chi connectivity index (χ3v) is 2.89. The molecule has 2 aromatic rings. The van der Waals surface area contributed by atoms with E-state index in [1.54, 1.807) is 0 Å². The number of nitrogens with two attached hydrogens (primary N) is 1. The molecule has 0 radical (unpaired) electrons. The molecule has 0 saturated heterocycles. The Bertz CT molecular complexity index is 567. The van der Waals surface area contributed by atoms with Crippen molar-refractivity contribution in [1.29, 1.82) is 0 Å². The van der Waals surface area contributed by atoms with Gasteiger partial charge in [-0.3, -0.25) is 0 Å². The van der Waals surface area contributed by atoms with E-state index < -0.39 is 0 Å². The first kappa shape index (κ1) is 13.6. The van der Waals surface area contributed by atoms with Crippen LogP contribution in [-0.2, 0) is 6.42 Å². The predicted octanol–water partition coefficient (Wildman–Crippen LogP) is 3.26. The van der Waals surface area contributed by atoms with E-state index in [4.69, 9.17) is 10.6 Å². The van der Waals surface area contributed by atoms with Crippen LogP contribution in [-0.4, -0.2) is 11.1 Å². The molecule has 0 aliphatic heterocycles. The molecule has 0 spiro atoms.